The molecule has 0 bridgehead atoms. The van der Waals surface area contributed by atoms with E-state index in [4.69, 9.17) is 4.74 Å². The van der Waals surface area contributed by atoms with Crippen LogP contribution in [0, 0.1) is 0 Å². The van der Waals surface area contributed by atoms with Crippen molar-refractivity contribution in [1.29, 1.82) is 0 Å². The van der Waals surface area contributed by atoms with Gasteiger partial charge in [0.25, 0.3) is 5.91 Å². The van der Waals surface area contributed by atoms with Crippen LogP contribution in [0.3, 0.4) is 0 Å². The molecule has 0 aliphatic heterocycles. The van der Waals surface area contributed by atoms with E-state index in [0.29, 0.717) is 17.7 Å². The Kier molecular flexibility index (Phi) is 6.75. The zero-order chi connectivity index (χ0) is 18.2. The van der Waals surface area contributed by atoms with Gasteiger partial charge in [-0.25, -0.2) is 0 Å². The first-order chi connectivity index (χ1) is 12.0. The van der Waals surface area contributed by atoms with Gasteiger partial charge in [-0.05, 0) is 48.7 Å². The lowest BCUT2D eigenvalue weighted by atomic mass is 10.1. The number of Topliss-reactive ketones (excluding diaryl/α,β-unsaturated/α-hetero) is 1. The third kappa shape index (κ3) is 5.45. The minimum absolute atomic E-state index is 0.0571. The Hall–Kier alpha value is -2.62. The SMILES string of the molecule is CCC(=O)c1ccc(OCC(=O)NC(C)c2ccc(CC)cc2)cc1. The van der Waals surface area contributed by atoms with Gasteiger partial charge < -0.3 is 10.1 Å². The maximum atomic E-state index is 12.1. The lowest BCUT2D eigenvalue weighted by molar-refractivity contribution is -0.123. The number of ketones is 1. The first-order valence-electron chi connectivity index (χ1n) is 8.67. The molecule has 132 valence electrons. The second kappa shape index (κ2) is 9.02. The number of rotatable bonds is 8. The maximum absolute atomic E-state index is 12.1. The molecular formula is C21H25NO3. The second-order valence-corrected chi connectivity index (χ2v) is 5.97. The first-order valence-corrected chi connectivity index (χ1v) is 8.67. The fourth-order valence-electron chi connectivity index (χ4n) is 2.50. The van der Waals surface area contributed by atoms with Crippen molar-refractivity contribution >= 4 is 11.7 Å². The summed E-state index contributed by atoms with van der Waals surface area (Å²) < 4.78 is 5.49. The average Bonchev–Trinajstić information content (AvgIpc) is 2.66. The van der Waals surface area contributed by atoms with Crippen LogP contribution < -0.4 is 10.1 Å². The highest BCUT2D eigenvalue weighted by Crippen LogP contribution is 2.15. The van der Waals surface area contributed by atoms with Crippen LogP contribution in [0.5, 0.6) is 5.75 Å². The summed E-state index contributed by atoms with van der Waals surface area (Å²) in [7, 11) is 0. The molecule has 1 N–H and O–H groups in total. The maximum Gasteiger partial charge on any atom is 0.258 e. The van der Waals surface area contributed by atoms with Crippen molar-refractivity contribution in [3.05, 3.63) is 65.2 Å². The smallest absolute Gasteiger partial charge is 0.258 e. The second-order valence-electron chi connectivity index (χ2n) is 5.97. The van der Waals surface area contributed by atoms with Gasteiger partial charge >= 0.3 is 0 Å². The predicted octanol–water partition coefficient (Wildman–Crippen LogP) is 4.10. The van der Waals surface area contributed by atoms with E-state index in [2.05, 4.69) is 24.4 Å². The molecule has 0 aromatic heterocycles. The monoisotopic (exact) mass is 339 g/mol. The van der Waals surface area contributed by atoms with Crippen molar-refractivity contribution in [1.82, 2.24) is 5.32 Å². The number of benzene rings is 2. The molecular weight excluding hydrogens is 314 g/mol. The molecule has 2 aromatic rings. The van der Waals surface area contributed by atoms with Gasteiger partial charge in [0.15, 0.2) is 12.4 Å². The van der Waals surface area contributed by atoms with Crippen LogP contribution in [0.4, 0.5) is 0 Å². The van der Waals surface area contributed by atoms with Crippen molar-refractivity contribution < 1.29 is 14.3 Å². The van der Waals surface area contributed by atoms with E-state index >= 15 is 0 Å². The van der Waals surface area contributed by atoms with E-state index < -0.39 is 0 Å². The summed E-state index contributed by atoms with van der Waals surface area (Å²) in [5.41, 5.74) is 2.99. The summed E-state index contributed by atoms with van der Waals surface area (Å²) >= 11 is 0. The van der Waals surface area contributed by atoms with E-state index in [9.17, 15) is 9.59 Å². The molecule has 1 atom stereocenters. The quantitative estimate of drug-likeness (QED) is 0.737. The lowest BCUT2D eigenvalue weighted by Gasteiger charge is -2.15. The minimum atomic E-state index is -0.180. The van der Waals surface area contributed by atoms with Crippen molar-refractivity contribution in [2.75, 3.05) is 6.61 Å². The standard InChI is InChI=1S/C21H25NO3/c1-4-16-6-8-17(9-7-16)15(3)22-21(24)14-25-19-12-10-18(11-13-19)20(23)5-2/h6-13,15H,4-5,14H2,1-3H3,(H,22,24). The highest BCUT2D eigenvalue weighted by molar-refractivity contribution is 5.95. The highest BCUT2D eigenvalue weighted by Gasteiger charge is 2.10. The van der Waals surface area contributed by atoms with Crippen LogP contribution in [-0.4, -0.2) is 18.3 Å². The van der Waals surface area contributed by atoms with Gasteiger partial charge in [-0.2, -0.15) is 0 Å². The fourth-order valence-corrected chi connectivity index (χ4v) is 2.50. The molecule has 1 amide bonds. The van der Waals surface area contributed by atoms with Gasteiger partial charge in [0.1, 0.15) is 5.75 Å². The van der Waals surface area contributed by atoms with Crippen molar-refractivity contribution in [2.24, 2.45) is 0 Å². The Labute approximate surface area is 149 Å². The largest absolute Gasteiger partial charge is 0.484 e. The number of amides is 1. The molecule has 2 rings (SSSR count). The molecule has 4 nitrogen and oxygen atoms in total. The third-order valence-electron chi connectivity index (χ3n) is 4.13. The summed E-state index contributed by atoms with van der Waals surface area (Å²) in [6.07, 6.45) is 1.47. The minimum Gasteiger partial charge on any atom is -0.484 e. The summed E-state index contributed by atoms with van der Waals surface area (Å²) in [4.78, 5) is 23.6. The topological polar surface area (TPSA) is 55.4 Å². The Morgan fingerprint density at radius 3 is 2.20 bits per heavy atom. The molecule has 0 spiro atoms. The summed E-state index contributed by atoms with van der Waals surface area (Å²) in [6, 6.07) is 15.0. The van der Waals surface area contributed by atoms with Gasteiger partial charge in [-0.15, -0.1) is 0 Å². The lowest BCUT2D eigenvalue weighted by Crippen LogP contribution is -2.31. The van der Waals surface area contributed by atoms with Crippen LogP contribution in [0.15, 0.2) is 48.5 Å². The summed E-state index contributed by atoms with van der Waals surface area (Å²) in [5, 5.41) is 2.92. The highest BCUT2D eigenvalue weighted by atomic mass is 16.5. The zero-order valence-corrected chi connectivity index (χ0v) is 15.0. The van der Waals surface area contributed by atoms with E-state index in [0.717, 1.165) is 12.0 Å². The summed E-state index contributed by atoms with van der Waals surface area (Å²) in [6.45, 7) is 5.83. The normalized spacial score (nSPS) is 11.6. The van der Waals surface area contributed by atoms with Crippen LogP contribution >= 0.6 is 0 Å². The molecule has 0 saturated carbocycles. The predicted molar refractivity (Wildman–Crippen MR) is 98.9 cm³/mol. The number of carbonyl (C=O) groups excluding carboxylic acids is 2. The van der Waals surface area contributed by atoms with Crippen molar-refractivity contribution in [2.45, 2.75) is 39.7 Å². The molecule has 0 aliphatic rings. The van der Waals surface area contributed by atoms with Crippen molar-refractivity contribution in [3.8, 4) is 5.75 Å². The molecule has 1 unspecified atom stereocenters. The van der Waals surface area contributed by atoms with Gasteiger partial charge in [0.05, 0.1) is 6.04 Å². The molecule has 0 heterocycles. The molecule has 0 aliphatic carbocycles. The molecule has 2 aromatic carbocycles. The summed E-state index contributed by atoms with van der Waals surface area (Å²) in [5.74, 6) is 0.482. The molecule has 25 heavy (non-hydrogen) atoms. The molecule has 0 fully saturated rings. The van der Waals surface area contributed by atoms with Gasteiger partial charge in [-0.1, -0.05) is 38.1 Å². The van der Waals surface area contributed by atoms with Crippen LogP contribution in [-0.2, 0) is 11.2 Å². The number of aryl methyl sites for hydroxylation is 1. The van der Waals surface area contributed by atoms with Crippen molar-refractivity contribution in [3.63, 3.8) is 0 Å². The average molecular weight is 339 g/mol. The van der Waals surface area contributed by atoms with Crippen LogP contribution in [0.1, 0.15) is 54.7 Å². The van der Waals surface area contributed by atoms with E-state index in [1.54, 1.807) is 24.3 Å². The van der Waals surface area contributed by atoms with Crippen LogP contribution in [0.2, 0.25) is 0 Å². The third-order valence-corrected chi connectivity index (χ3v) is 4.13. The molecule has 0 radical (unpaired) electrons. The first kappa shape index (κ1) is 18.7. The van der Waals surface area contributed by atoms with E-state index in [-0.39, 0.29) is 24.3 Å². The van der Waals surface area contributed by atoms with E-state index in [1.165, 1.54) is 5.56 Å². The number of nitrogens with one attached hydrogen (secondary N) is 1. The van der Waals surface area contributed by atoms with Gasteiger partial charge in [-0.3, -0.25) is 9.59 Å². The Morgan fingerprint density at radius 1 is 1.00 bits per heavy atom. The van der Waals surface area contributed by atoms with Crippen LogP contribution in [0.25, 0.3) is 0 Å². The Morgan fingerprint density at radius 2 is 1.64 bits per heavy atom. The number of carbonyl (C=O) groups is 2. The van der Waals surface area contributed by atoms with E-state index in [1.807, 2.05) is 26.0 Å². The number of hydrogen-bond acceptors (Lipinski definition) is 3. The van der Waals surface area contributed by atoms with Gasteiger partial charge in [0, 0.05) is 12.0 Å². The Balaban J connectivity index is 1.84. The number of hydrogen-bond donors (Lipinski definition) is 1. The Bertz CT molecular complexity index is 705. The molecule has 4 heteroatoms. The fraction of sp³-hybridized carbons (Fsp3) is 0.333. The molecule has 0 saturated heterocycles. The number of ether oxygens (including phenoxy) is 1. The zero-order valence-electron chi connectivity index (χ0n) is 15.0. The van der Waals surface area contributed by atoms with Gasteiger partial charge in [0.2, 0.25) is 0 Å².